The van der Waals surface area contributed by atoms with Gasteiger partial charge in [-0.05, 0) is 127 Å². The lowest BCUT2D eigenvalue weighted by atomic mass is 10.1. The molecule has 2 aromatic carbocycles. The second-order valence-corrected chi connectivity index (χ2v) is 10.7. The quantitative estimate of drug-likeness (QED) is 0.247. The minimum Gasteiger partial charge on any atom is -0.506 e. The smallest absolute Gasteiger partial charge is 0.320 e. The number of aromatic hydroxyl groups is 1. The van der Waals surface area contributed by atoms with Crippen molar-refractivity contribution in [2.45, 2.75) is 19.4 Å². The Morgan fingerprint density at radius 2 is 1.52 bits per heavy atom. The molecule has 0 aliphatic heterocycles. The molecule has 1 atom stereocenters. The summed E-state index contributed by atoms with van der Waals surface area (Å²) in [4.78, 5) is 20.6. The summed E-state index contributed by atoms with van der Waals surface area (Å²) in [6, 6.07) is 6.34. The third-order valence-corrected chi connectivity index (χ3v) is 7.18. The van der Waals surface area contributed by atoms with Gasteiger partial charge in [-0.15, -0.1) is 0 Å². The number of phenolic OH excluding ortho intramolecular Hbond substituents is 1. The van der Waals surface area contributed by atoms with Crippen LogP contribution in [0, 0.1) is 14.3 Å². The fourth-order valence-electron chi connectivity index (χ4n) is 1.89. The van der Waals surface area contributed by atoms with Gasteiger partial charge in [0.05, 0.1) is 37.1 Å². The number of carbonyl (C=O) groups excluding carboxylic acids is 1. The highest BCUT2D eigenvalue weighted by Crippen LogP contribution is 2.36. The summed E-state index contributed by atoms with van der Waals surface area (Å²) < 4.78 is 11.5. The van der Waals surface area contributed by atoms with E-state index in [9.17, 15) is 14.7 Å². The van der Waals surface area contributed by atoms with Gasteiger partial charge in [-0.1, -0.05) is 0 Å². The SMILES string of the molecule is CC(=O)NI.N[C@@H](Cc1cc(I)c(Oc2cc(I)c(O)c(I)c2)c(I)c1)C(=O)O. The first-order valence-corrected chi connectivity index (χ1v) is 13.0. The van der Waals surface area contributed by atoms with Crippen LogP contribution in [0.5, 0.6) is 17.2 Å². The molecule has 2 rings (SSSR count). The molecule has 0 heterocycles. The highest BCUT2D eigenvalue weighted by molar-refractivity contribution is 14.1. The lowest BCUT2D eigenvalue weighted by molar-refractivity contribution is -0.138. The van der Waals surface area contributed by atoms with E-state index in [1.54, 1.807) is 35.0 Å². The molecule has 5 N–H and O–H groups in total. The van der Waals surface area contributed by atoms with Crippen LogP contribution in [-0.2, 0) is 16.0 Å². The number of phenols is 1. The molecule has 0 bridgehead atoms. The number of carboxylic acid groups (broad SMARTS) is 1. The van der Waals surface area contributed by atoms with Gasteiger partial charge < -0.3 is 20.7 Å². The van der Waals surface area contributed by atoms with Crippen LogP contribution in [0.3, 0.4) is 0 Å². The van der Waals surface area contributed by atoms with E-state index in [0.29, 0.717) is 18.6 Å². The molecule has 1 amide bonds. The van der Waals surface area contributed by atoms with E-state index >= 15 is 0 Å². The van der Waals surface area contributed by atoms with Gasteiger partial charge in [-0.25, -0.2) is 0 Å². The average Bonchev–Trinajstić information content (AvgIpc) is 2.63. The van der Waals surface area contributed by atoms with Crippen LogP contribution in [0.15, 0.2) is 24.3 Å². The molecule has 0 radical (unpaired) electrons. The molecular formula is C17H15I5N2O5. The number of nitrogens with one attached hydrogen (secondary N) is 1. The van der Waals surface area contributed by atoms with Gasteiger partial charge >= 0.3 is 5.97 Å². The van der Waals surface area contributed by atoms with Crippen LogP contribution in [0.1, 0.15) is 12.5 Å². The number of hydrogen-bond donors (Lipinski definition) is 4. The van der Waals surface area contributed by atoms with Gasteiger partial charge in [0, 0.05) is 6.92 Å². The minimum atomic E-state index is -1.02. The standard InChI is InChI=1S/C15H11I4NO4.C2H4INO/c16-8-4-7(5-9(17)13(8)21)24-14-10(18)1-6(2-11(14)19)3-12(20)15(22)23;1-2(5)4-3/h1-2,4-5,12,21H,3,20H2,(H,22,23);1H3,(H,4,5)/t12-;/m0./s1. The molecule has 29 heavy (non-hydrogen) atoms. The Balaban J connectivity index is 0.000000749. The Morgan fingerprint density at radius 1 is 1.07 bits per heavy atom. The zero-order valence-electron chi connectivity index (χ0n) is 14.7. The monoisotopic (exact) mass is 962 g/mol. The molecule has 2 aromatic rings. The molecular weight excluding hydrogens is 947 g/mol. The summed E-state index contributed by atoms with van der Waals surface area (Å²) in [5.41, 5.74) is 6.44. The van der Waals surface area contributed by atoms with Gasteiger partial charge in [0.2, 0.25) is 5.91 Å². The molecule has 0 aliphatic carbocycles. The number of carbonyl (C=O) groups is 2. The molecule has 0 saturated carbocycles. The van der Waals surface area contributed by atoms with E-state index in [1.807, 2.05) is 12.1 Å². The first-order valence-electron chi connectivity index (χ1n) is 7.65. The summed E-state index contributed by atoms with van der Waals surface area (Å²) in [5.74, 6) is 0.540. The average molecular weight is 962 g/mol. The van der Waals surface area contributed by atoms with E-state index in [1.165, 1.54) is 6.92 Å². The van der Waals surface area contributed by atoms with E-state index in [2.05, 4.69) is 93.9 Å². The highest BCUT2D eigenvalue weighted by Gasteiger charge is 2.16. The Kier molecular flexibility index (Phi) is 12.6. The molecule has 158 valence electrons. The lowest BCUT2D eigenvalue weighted by Crippen LogP contribution is -2.32. The molecule has 0 fully saturated rings. The second-order valence-electron chi connectivity index (χ2n) is 5.53. The van der Waals surface area contributed by atoms with Crippen LogP contribution < -0.4 is 14.0 Å². The number of rotatable bonds is 5. The number of ether oxygens (including phenoxy) is 1. The van der Waals surface area contributed by atoms with Crippen LogP contribution in [0.25, 0.3) is 0 Å². The third-order valence-electron chi connectivity index (χ3n) is 3.17. The predicted molar refractivity (Wildman–Crippen MR) is 153 cm³/mol. The fraction of sp³-hybridized carbons (Fsp3) is 0.176. The number of carboxylic acids is 1. The van der Waals surface area contributed by atoms with Crippen molar-refractivity contribution in [2.75, 3.05) is 0 Å². The third kappa shape index (κ3) is 9.31. The molecule has 12 heteroatoms. The maximum Gasteiger partial charge on any atom is 0.320 e. The van der Waals surface area contributed by atoms with Gasteiger partial charge in [0.25, 0.3) is 0 Å². The summed E-state index contributed by atoms with van der Waals surface area (Å²) >= 11 is 10.2. The first kappa shape index (κ1) is 27.6. The summed E-state index contributed by atoms with van der Waals surface area (Å²) in [5, 5.41) is 18.8. The Morgan fingerprint density at radius 3 is 1.90 bits per heavy atom. The van der Waals surface area contributed by atoms with E-state index < -0.39 is 12.0 Å². The van der Waals surface area contributed by atoms with Crippen molar-refractivity contribution < 1.29 is 24.5 Å². The van der Waals surface area contributed by atoms with Crippen molar-refractivity contribution in [2.24, 2.45) is 5.73 Å². The molecule has 0 saturated heterocycles. The molecule has 0 unspecified atom stereocenters. The molecule has 0 aliphatic rings. The first-order chi connectivity index (χ1) is 13.5. The molecule has 0 spiro atoms. The number of benzene rings is 2. The summed E-state index contributed by atoms with van der Waals surface area (Å²) in [6.07, 6.45) is 0.261. The normalized spacial score (nSPS) is 11.1. The summed E-state index contributed by atoms with van der Waals surface area (Å²) in [6.45, 7) is 1.46. The second kappa shape index (κ2) is 13.2. The van der Waals surface area contributed by atoms with Gasteiger partial charge in [0.15, 0.2) is 5.75 Å². The lowest BCUT2D eigenvalue weighted by Gasteiger charge is -2.14. The van der Waals surface area contributed by atoms with Crippen LogP contribution in [0.2, 0.25) is 0 Å². The zero-order valence-corrected chi connectivity index (χ0v) is 25.5. The zero-order chi connectivity index (χ0) is 22.3. The van der Waals surface area contributed by atoms with Crippen LogP contribution in [0.4, 0.5) is 0 Å². The predicted octanol–water partition coefficient (Wildman–Crippen LogP) is 5.03. The fourth-order valence-corrected chi connectivity index (χ4v) is 5.72. The van der Waals surface area contributed by atoms with E-state index in [4.69, 9.17) is 15.6 Å². The Hall–Kier alpha value is 0.590. The minimum absolute atomic E-state index is 0.00870. The largest absolute Gasteiger partial charge is 0.506 e. The summed E-state index contributed by atoms with van der Waals surface area (Å²) in [7, 11) is 0. The van der Waals surface area contributed by atoms with Crippen molar-refractivity contribution in [3.8, 4) is 17.2 Å². The number of nitrogens with two attached hydrogens (primary N) is 1. The Bertz CT molecular complexity index is 864. The van der Waals surface area contributed by atoms with E-state index in [-0.39, 0.29) is 18.1 Å². The topological polar surface area (TPSA) is 122 Å². The maximum absolute atomic E-state index is 10.9. The van der Waals surface area contributed by atoms with Crippen LogP contribution in [-0.4, -0.2) is 28.1 Å². The van der Waals surface area contributed by atoms with Crippen LogP contribution >= 0.6 is 113 Å². The highest BCUT2D eigenvalue weighted by atomic mass is 127. The van der Waals surface area contributed by atoms with Crippen molar-refractivity contribution in [3.63, 3.8) is 0 Å². The number of halogens is 5. The van der Waals surface area contributed by atoms with Crippen molar-refractivity contribution in [3.05, 3.63) is 44.1 Å². The molecule has 7 nitrogen and oxygen atoms in total. The molecule has 0 aromatic heterocycles. The number of amides is 1. The van der Waals surface area contributed by atoms with Crippen molar-refractivity contribution >= 4 is 125 Å². The van der Waals surface area contributed by atoms with Crippen molar-refractivity contribution in [1.82, 2.24) is 3.53 Å². The number of hydrogen-bond acceptors (Lipinski definition) is 5. The maximum atomic E-state index is 10.9. The van der Waals surface area contributed by atoms with Gasteiger partial charge in [-0.2, -0.15) is 0 Å². The Labute approximate surface area is 236 Å². The number of aliphatic carboxylic acids is 1. The van der Waals surface area contributed by atoms with Crippen molar-refractivity contribution in [1.29, 1.82) is 0 Å². The van der Waals surface area contributed by atoms with Gasteiger partial charge in [-0.3, -0.25) is 13.1 Å². The van der Waals surface area contributed by atoms with Gasteiger partial charge in [0.1, 0.15) is 17.5 Å². The van der Waals surface area contributed by atoms with E-state index in [0.717, 1.165) is 12.7 Å².